The van der Waals surface area contributed by atoms with E-state index in [1.165, 1.54) is 56.3 Å². The maximum absolute atomic E-state index is 9.90. The summed E-state index contributed by atoms with van der Waals surface area (Å²) in [5.41, 5.74) is 7.19. The second-order valence-electron chi connectivity index (χ2n) is 10.7. The first-order valence-corrected chi connectivity index (χ1v) is 15.2. The zero-order chi connectivity index (χ0) is 29.0. The third-order valence-corrected chi connectivity index (χ3v) is 7.43. The van der Waals surface area contributed by atoms with Gasteiger partial charge in [0.15, 0.2) is 0 Å². The summed E-state index contributed by atoms with van der Waals surface area (Å²) >= 11 is 0. The van der Waals surface area contributed by atoms with Crippen molar-refractivity contribution in [1.82, 2.24) is 10.2 Å². The minimum atomic E-state index is 0.728. The summed E-state index contributed by atoms with van der Waals surface area (Å²) in [6.07, 6.45) is 21.5. The summed E-state index contributed by atoms with van der Waals surface area (Å²) in [7, 11) is 0. The average Bonchev–Trinajstić information content (AvgIpc) is 3.77. The van der Waals surface area contributed by atoms with Crippen LogP contribution in [0, 0.1) is 12.8 Å². The van der Waals surface area contributed by atoms with Gasteiger partial charge in [-0.2, -0.15) is 0 Å². The monoisotopic (exact) mass is 532 g/mol. The maximum atomic E-state index is 9.90. The second-order valence-corrected chi connectivity index (χ2v) is 10.7. The highest BCUT2D eigenvalue weighted by atomic mass is 16.1. The quantitative estimate of drug-likeness (QED) is 0.185. The Hall–Kier alpha value is -2.65. The molecule has 1 aromatic rings. The number of allylic oxidation sites excluding steroid dienone is 7. The van der Waals surface area contributed by atoms with Crippen LogP contribution in [0.15, 0.2) is 79.0 Å². The van der Waals surface area contributed by atoms with Crippen molar-refractivity contribution in [3.63, 3.8) is 0 Å². The van der Waals surface area contributed by atoms with Crippen molar-refractivity contribution in [2.24, 2.45) is 5.92 Å². The number of piperidine rings is 1. The molecule has 2 fully saturated rings. The summed E-state index contributed by atoms with van der Waals surface area (Å²) in [5, 5.41) is 2.62. The van der Waals surface area contributed by atoms with Crippen molar-refractivity contribution >= 4 is 6.41 Å². The van der Waals surface area contributed by atoms with Gasteiger partial charge in [0.1, 0.15) is 0 Å². The Morgan fingerprint density at radius 2 is 1.87 bits per heavy atom. The number of hydrogen-bond acceptors (Lipinski definition) is 2. The Kier molecular flexibility index (Phi) is 17.9. The number of likely N-dealkylation sites (tertiary alicyclic amines) is 1. The summed E-state index contributed by atoms with van der Waals surface area (Å²) < 4.78 is 0. The minimum Gasteiger partial charge on any atom is -0.358 e. The van der Waals surface area contributed by atoms with Gasteiger partial charge in [0.2, 0.25) is 6.41 Å². The fourth-order valence-corrected chi connectivity index (χ4v) is 5.03. The van der Waals surface area contributed by atoms with Crippen molar-refractivity contribution in [2.45, 2.75) is 98.4 Å². The molecule has 1 saturated heterocycles. The lowest BCUT2D eigenvalue weighted by atomic mass is 9.75. The van der Waals surface area contributed by atoms with E-state index in [-0.39, 0.29) is 0 Å². The summed E-state index contributed by atoms with van der Waals surface area (Å²) in [5.74, 6) is 1.90. The molecule has 4 rings (SSSR count). The molecule has 1 aliphatic heterocycles. The maximum Gasteiger partial charge on any atom is 0.207 e. The highest BCUT2D eigenvalue weighted by Crippen LogP contribution is 2.41. The summed E-state index contributed by atoms with van der Waals surface area (Å²) in [6.45, 7) is 22.9. The van der Waals surface area contributed by atoms with Crippen LogP contribution in [-0.4, -0.2) is 37.0 Å². The van der Waals surface area contributed by atoms with Crippen molar-refractivity contribution in [3.8, 4) is 0 Å². The van der Waals surface area contributed by atoms with E-state index < -0.39 is 0 Å². The first-order chi connectivity index (χ1) is 18.9. The van der Waals surface area contributed by atoms with E-state index in [2.05, 4.69) is 80.6 Å². The minimum absolute atomic E-state index is 0.728. The van der Waals surface area contributed by atoms with Crippen LogP contribution in [-0.2, 0) is 11.2 Å². The van der Waals surface area contributed by atoms with Gasteiger partial charge < -0.3 is 5.32 Å². The molecular formula is C36H56N2O. The van der Waals surface area contributed by atoms with Gasteiger partial charge in [-0.3, -0.25) is 9.69 Å². The lowest BCUT2D eigenvalue weighted by molar-refractivity contribution is -0.109. The number of fused-ring (bicyclic) bond motifs is 4. The van der Waals surface area contributed by atoms with Gasteiger partial charge in [0.05, 0.1) is 0 Å². The zero-order valence-corrected chi connectivity index (χ0v) is 25.8. The number of amides is 1. The SMILES string of the molecule is C=C/C=C(/C)C=C.CC.CC/C=C\C=C(/C)CCNC=O.Cc1ccc2c(c1)C1CCN(CC3CC3)C(C2)C1. The van der Waals surface area contributed by atoms with Crippen LogP contribution in [0.3, 0.4) is 0 Å². The smallest absolute Gasteiger partial charge is 0.207 e. The lowest BCUT2D eigenvalue weighted by Gasteiger charge is -2.44. The van der Waals surface area contributed by atoms with E-state index in [0.717, 1.165) is 49.2 Å². The van der Waals surface area contributed by atoms with Crippen LogP contribution in [0.4, 0.5) is 0 Å². The molecule has 2 unspecified atom stereocenters. The van der Waals surface area contributed by atoms with E-state index in [1.807, 2.05) is 26.8 Å². The normalized spacial score (nSPS) is 20.2. The third kappa shape index (κ3) is 13.8. The number of benzene rings is 1. The van der Waals surface area contributed by atoms with Crippen molar-refractivity contribution < 1.29 is 4.79 Å². The van der Waals surface area contributed by atoms with Crippen molar-refractivity contribution in [2.75, 3.05) is 19.6 Å². The molecule has 0 spiro atoms. The molecule has 216 valence electrons. The predicted molar refractivity (Wildman–Crippen MR) is 172 cm³/mol. The Balaban J connectivity index is 0.000000316. The van der Waals surface area contributed by atoms with Gasteiger partial charge in [-0.25, -0.2) is 0 Å². The molecule has 3 nitrogen and oxygen atoms in total. The van der Waals surface area contributed by atoms with Gasteiger partial charge in [-0.05, 0) is 95.2 Å². The van der Waals surface area contributed by atoms with Gasteiger partial charge in [-0.1, -0.05) is 105 Å². The molecule has 2 aliphatic carbocycles. The number of carbonyl (C=O) groups is 1. The third-order valence-electron chi connectivity index (χ3n) is 7.43. The van der Waals surface area contributed by atoms with E-state index >= 15 is 0 Å². The number of hydrogen-bond donors (Lipinski definition) is 1. The highest BCUT2D eigenvalue weighted by Gasteiger charge is 2.37. The predicted octanol–water partition coefficient (Wildman–Crippen LogP) is 8.88. The van der Waals surface area contributed by atoms with Gasteiger partial charge in [0, 0.05) is 19.1 Å². The van der Waals surface area contributed by atoms with E-state index in [0.29, 0.717) is 0 Å². The molecule has 2 bridgehead atoms. The van der Waals surface area contributed by atoms with Crippen LogP contribution in [0.2, 0.25) is 0 Å². The van der Waals surface area contributed by atoms with E-state index in [4.69, 9.17) is 0 Å². The number of nitrogens with one attached hydrogen (secondary N) is 1. The highest BCUT2D eigenvalue weighted by molar-refractivity contribution is 5.45. The van der Waals surface area contributed by atoms with Gasteiger partial charge in [0.25, 0.3) is 0 Å². The van der Waals surface area contributed by atoms with Crippen molar-refractivity contribution in [3.05, 3.63) is 95.6 Å². The summed E-state index contributed by atoms with van der Waals surface area (Å²) in [4.78, 5) is 12.7. The van der Waals surface area contributed by atoms with Crippen LogP contribution in [0.5, 0.6) is 0 Å². The lowest BCUT2D eigenvalue weighted by Crippen LogP contribution is -2.46. The zero-order valence-electron chi connectivity index (χ0n) is 25.8. The Bertz CT molecular complexity index is 951. The van der Waals surface area contributed by atoms with E-state index in [9.17, 15) is 4.79 Å². The Labute approximate surface area is 240 Å². The van der Waals surface area contributed by atoms with Crippen LogP contribution in [0.25, 0.3) is 0 Å². The van der Waals surface area contributed by atoms with Gasteiger partial charge >= 0.3 is 0 Å². The molecule has 1 aromatic carbocycles. The van der Waals surface area contributed by atoms with Crippen LogP contribution < -0.4 is 5.32 Å². The fraction of sp³-hybridized carbons (Fsp3) is 0.528. The molecule has 1 saturated carbocycles. The van der Waals surface area contributed by atoms with Gasteiger partial charge in [-0.15, -0.1) is 0 Å². The topological polar surface area (TPSA) is 32.3 Å². The molecule has 0 radical (unpaired) electrons. The molecule has 3 heteroatoms. The molecule has 0 aromatic heterocycles. The molecule has 1 N–H and O–H groups in total. The molecule has 3 aliphatic rings. The molecule has 39 heavy (non-hydrogen) atoms. The second kappa shape index (κ2) is 20.3. The van der Waals surface area contributed by atoms with Crippen LogP contribution >= 0.6 is 0 Å². The van der Waals surface area contributed by atoms with E-state index in [1.54, 1.807) is 23.3 Å². The average molecular weight is 533 g/mol. The Morgan fingerprint density at radius 3 is 2.46 bits per heavy atom. The first kappa shape index (κ1) is 34.4. The first-order valence-electron chi connectivity index (χ1n) is 15.2. The molecule has 1 heterocycles. The fourth-order valence-electron chi connectivity index (χ4n) is 5.03. The van der Waals surface area contributed by atoms with Crippen LogP contribution in [0.1, 0.15) is 95.8 Å². The summed E-state index contributed by atoms with van der Waals surface area (Å²) in [6, 6.07) is 7.99. The number of carbonyl (C=O) groups excluding carboxylic acids is 1. The largest absolute Gasteiger partial charge is 0.358 e. The molecule has 1 amide bonds. The molecule has 2 atom stereocenters. The molecular weight excluding hydrogens is 476 g/mol. The number of nitrogens with zero attached hydrogens (tertiary/aromatic N) is 1. The number of rotatable bonds is 10. The standard InChI is InChI=1S/C17H23N.C10H17NO.C7H10.C2H6/c1-12-2-5-14-9-16-10-15(17(14)8-12)6-7-18(16)11-13-3-4-13;1-3-4-5-6-10(2)7-8-11-9-12;1-4-6-7(3)5-2;1-2/h2,5,8,13,15-16H,3-4,6-7,9-11H2,1H3;4-6,9H,3,7-8H2,1-2H3,(H,11,12);4-6H,1-2H2,3H3;1-2H3/b;5-4-,10-6+;7-6-;. The Morgan fingerprint density at radius 1 is 1.13 bits per heavy atom. The number of aryl methyl sites for hydroxylation is 1. The van der Waals surface area contributed by atoms with Crippen molar-refractivity contribution in [1.29, 1.82) is 0 Å².